The quantitative estimate of drug-likeness (QED) is 0.728. The molecule has 0 radical (unpaired) electrons. The minimum absolute atomic E-state index is 0.286. The molecular weight excluding hydrogens is 238 g/mol. The molecule has 0 saturated carbocycles. The number of nitrogens with zero attached hydrogens (tertiary/aromatic N) is 3. The predicted octanol–water partition coefficient (Wildman–Crippen LogP) is 2.25. The van der Waals surface area contributed by atoms with Crippen LogP contribution in [0.2, 0.25) is 0 Å². The summed E-state index contributed by atoms with van der Waals surface area (Å²) in [6.07, 6.45) is 4.59. The van der Waals surface area contributed by atoms with E-state index >= 15 is 0 Å². The Kier molecular flexibility index (Phi) is 5.08. The Labute approximate surface area is 117 Å². The average Bonchev–Trinajstić information content (AvgIpc) is 2.59. The van der Waals surface area contributed by atoms with Crippen LogP contribution in [0, 0.1) is 5.92 Å². The number of likely N-dealkylation sites (tertiary alicyclic amines) is 1. The summed E-state index contributed by atoms with van der Waals surface area (Å²) in [7, 11) is 2.17. The topological polar surface area (TPSA) is 26.8 Å². The Balaban J connectivity index is 2.02. The second-order valence-corrected chi connectivity index (χ2v) is 6.35. The van der Waals surface area contributed by atoms with Gasteiger partial charge in [-0.05, 0) is 45.2 Å². The van der Waals surface area contributed by atoms with Crippen molar-refractivity contribution in [1.82, 2.24) is 14.7 Å². The minimum atomic E-state index is 0.286. The van der Waals surface area contributed by atoms with Crippen LogP contribution < -0.4 is 0 Å². The summed E-state index contributed by atoms with van der Waals surface area (Å²) in [5, 5.41) is 0. The highest BCUT2D eigenvalue weighted by Crippen LogP contribution is 2.20. The zero-order valence-electron chi connectivity index (χ0n) is 12.8. The molecule has 0 N–H and O–H groups in total. The molecule has 4 heteroatoms. The summed E-state index contributed by atoms with van der Waals surface area (Å²) in [5.41, 5.74) is 0. The van der Waals surface area contributed by atoms with Crippen molar-refractivity contribution in [3.63, 3.8) is 0 Å². The molecule has 2 fully saturated rings. The summed E-state index contributed by atoms with van der Waals surface area (Å²) in [4.78, 5) is 19.3. The van der Waals surface area contributed by atoms with Crippen LogP contribution in [0.4, 0.5) is 4.79 Å². The third-order valence-corrected chi connectivity index (χ3v) is 4.55. The van der Waals surface area contributed by atoms with E-state index < -0.39 is 0 Å². The molecule has 110 valence electrons. The van der Waals surface area contributed by atoms with Crippen molar-refractivity contribution in [1.29, 1.82) is 0 Å². The Morgan fingerprint density at radius 1 is 1.16 bits per heavy atom. The smallest absolute Gasteiger partial charge is 0.320 e. The van der Waals surface area contributed by atoms with Gasteiger partial charge in [0.25, 0.3) is 0 Å². The van der Waals surface area contributed by atoms with Gasteiger partial charge in [0.1, 0.15) is 0 Å². The lowest BCUT2D eigenvalue weighted by Gasteiger charge is -2.38. The fraction of sp³-hybridized carbons (Fsp3) is 0.933. The van der Waals surface area contributed by atoms with Crippen LogP contribution in [0.15, 0.2) is 0 Å². The predicted molar refractivity (Wildman–Crippen MR) is 78.3 cm³/mol. The zero-order valence-corrected chi connectivity index (χ0v) is 12.8. The first-order valence-electron chi connectivity index (χ1n) is 7.86. The monoisotopic (exact) mass is 267 g/mol. The summed E-state index contributed by atoms with van der Waals surface area (Å²) in [6, 6.07) is 0.672. The Morgan fingerprint density at radius 3 is 2.63 bits per heavy atom. The van der Waals surface area contributed by atoms with Gasteiger partial charge in [-0.2, -0.15) is 0 Å². The molecule has 0 aliphatic carbocycles. The van der Waals surface area contributed by atoms with Crippen LogP contribution in [-0.2, 0) is 0 Å². The molecule has 2 unspecified atom stereocenters. The number of carbonyl (C=O) groups is 1. The van der Waals surface area contributed by atoms with Gasteiger partial charge in [0, 0.05) is 32.2 Å². The summed E-state index contributed by atoms with van der Waals surface area (Å²) >= 11 is 0. The highest BCUT2D eigenvalue weighted by molar-refractivity contribution is 5.75. The van der Waals surface area contributed by atoms with E-state index in [1.54, 1.807) is 0 Å². The van der Waals surface area contributed by atoms with Gasteiger partial charge < -0.3 is 14.7 Å². The molecule has 2 heterocycles. The number of hydrogen-bond acceptors (Lipinski definition) is 2. The fourth-order valence-electron chi connectivity index (χ4n) is 3.39. The van der Waals surface area contributed by atoms with Crippen LogP contribution in [0.5, 0.6) is 0 Å². The van der Waals surface area contributed by atoms with Gasteiger partial charge >= 0.3 is 6.03 Å². The van der Waals surface area contributed by atoms with E-state index in [1.807, 2.05) is 0 Å². The maximum atomic E-state index is 12.8. The Bertz CT molecular complexity index is 308. The third-order valence-electron chi connectivity index (χ3n) is 4.55. The first-order chi connectivity index (χ1) is 9.11. The lowest BCUT2D eigenvalue weighted by atomic mass is 10.0. The largest absolute Gasteiger partial charge is 0.324 e. The Hall–Kier alpha value is -0.770. The summed E-state index contributed by atoms with van der Waals surface area (Å²) in [5.74, 6) is 0.660. The molecule has 0 aromatic heterocycles. The number of amides is 2. The summed E-state index contributed by atoms with van der Waals surface area (Å²) < 4.78 is 0. The van der Waals surface area contributed by atoms with E-state index in [9.17, 15) is 4.79 Å². The number of urea groups is 1. The lowest BCUT2D eigenvalue weighted by molar-refractivity contribution is 0.113. The molecule has 0 aromatic rings. The van der Waals surface area contributed by atoms with Crippen molar-refractivity contribution in [2.24, 2.45) is 5.92 Å². The molecule has 19 heavy (non-hydrogen) atoms. The van der Waals surface area contributed by atoms with Gasteiger partial charge in [0.05, 0.1) is 0 Å². The molecule has 4 nitrogen and oxygen atoms in total. The fourth-order valence-corrected chi connectivity index (χ4v) is 3.39. The van der Waals surface area contributed by atoms with E-state index in [0.717, 1.165) is 52.0 Å². The van der Waals surface area contributed by atoms with Crippen molar-refractivity contribution in [2.75, 3.05) is 39.8 Å². The molecular formula is C15H29N3O. The standard InChI is InChI=1S/C15H29N3O/c1-4-14-12-16(3)8-6-10-18(14)15(19)17-9-5-7-13(2)11-17/h13-14H,4-12H2,1-3H3. The first kappa shape index (κ1) is 14.6. The van der Waals surface area contributed by atoms with Gasteiger partial charge in [-0.25, -0.2) is 4.79 Å². The number of likely N-dealkylation sites (N-methyl/N-ethyl adjacent to an activating group) is 1. The van der Waals surface area contributed by atoms with Crippen LogP contribution in [-0.4, -0.2) is 66.5 Å². The van der Waals surface area contributed by atoms with Crippen LogP contribution in [0.3, 0.4) is 0 Å². The minimum Gasteiger partial charge on any atom is -0.324 e. The maximum Gasteiger partial charge on any atom is 0.320 e. The molecule has 2 aliphatic rings. The van der Waals surface area contributed by atoms with E-state index in [1.165, 1.54) is 6.42 Å². The van der Waals surface area contributed by atoms with Crippen molar-refractivity contribution in [3.05, 3.63) is 0 Å². The lowest BCUT2D eigenvalue weighted by Crippen LogP contribution is -2.52. The van der Waals surface area contributed by atoms with Crippen LogP contribution in [0.25, 0.3) is 0 Å². The second-order valence-electron chi connectivity index (χ2n) is 6.35. The maximum absolute atomic E-state index is 12.8. The normalized spacial score (nSPS) is 30.3. The average molecular weight is 267 g/mol. The van der Waals surface area contributed by atoms with Crippen LogP contribution >= 0.6 is 0 Å². The van der Waals surface area contributed by atoms with Gasteiger partial charge in [0.2, 0.25) is 0 Å². The highest BCUT2D eigenvalue weighted by Gasteiger charge is 2.30. The molecule has 0 spiro atoms. The molecule has 2 rings (SSSR count). The van der Waals surface area contributed by atoms with E-state index in [2.05, 4.69) is 35.6 Å². The van der Waals surface area contributed by atoms with Crippen molar-refractivity contribution in [3.8, 4) is 0 Å². The zero-order chi connectivity index (χ0) is 13.8. The SMILES string of the molecule is CCC1CN(C)CCCN1C(=O)N1CCCC(C)C1. The number of carbonyl (C=O) groups excluding carboxylic acids is 1. The van der Waals surface area contributed by atoms with E-state index in [4.69, 9.17) is 0 Å². The second kappa shape index (κ2) is 6.60. The highest BCUT2D eigenvalue weighted by atomic mass is 16.2. The number of piperidine rings is 1. The van der Waals surface area contributed by atoms with Crippen molar-refractivity contribution >= 4 is 6.03 Å². The number of rotatable bonds is 1. The number of hydrogen-bond donors (Lipinski definition) is 0. The van der Waals surface area contributed by atoms with Crippen molar-refractivity contribution < 1.29 is 4.79 Å². The molecule has 0 aromatic carbocycles. The molecule has 0 bridgehead atoms. The molecule has 2 amide bonds. The van der Waals surface area contributed by atoms with Gasteiger partial charge in [-0.3, -0.25) is 0 Å². The first-order valence-corrected chi connectivity index (χ1v) is 7.86. The third kappa shape index (κ3) is 3.62. The van der Waals surface area contributed by atoms with Crippen LogP contribution in [0.1, 0.15) is 39.5 Å². The molecule has 2 saturated heterocycles. The van der Waals surface area contributed by atoms with Gasteiger partial charge in [-0.1, -0.05) is 13.8 Å². The Morgan fingerprint density at radius 2 is 1.95 bits per heavy atom. The van der Waals surface area contributed by atoms with E-state index in [0.29, 0.717) is 12.0 Å². The van der Waals surface area contributed by atoms with Crippen molar-refractivity contribution in [2.45, 2.75) is 45.6 Å². The molecule has 2 aliphatic heterocycles. The summed E-state index contributed by atoms with van der Waals surface area (Å²) in [6.45, 7) is 9.40. The van der Waals surface area contributed by atoms with Gasteiger partial charge in [-0.15, -0.1) is 0 Å². The van der Waals surface area contributed by atoms with Gasteiger partial charge in [0.15, 0.2) is 0 Å². The molecule has 2 atom stereocenters. The van der Waals surface area contributed by atoms with E-state index in [-0.39, 0.29) is 6.03 Å².